The largest absolute Gasteiger partial charge is 0.369 e. The molecule has 2 aromatic rings. The van der Waals surface area contributed by atoms with Gasteiger partial charge in [-0.15, -0.1) is 10.2 Å². The highest BCUT2D eigenvalue weighted by molar-refractivity contribution is 7.53. The molecule has 0 unspecified atom stereocenters. The predicted octanol–water partition coefficient (Wildman–Crippen LogP) is 1.50. The fourth-order valence-corrected chi connectivity index (χ4v) is 4.09. The van der Waals surface area contributed by atoms with E-state index in [1.54, 1.807) is 34.6 Å². The lowest BCUT2D eigenvalue weighted by atomic mass is 10.4. The molecule has 0 aromatic carbocycles. The van der Waals surface area contributed by atoms with Crippen LogP contribution >= 0.6 is 7.60 Å². The molecule has 0 amide bonds. The SMILES string of the molecule is CC(C)OP(=O)(CO[C@H](C)Cn1nc2[nH]c(N)nc(=O)c2n1)OC(C)C. The minimum atomic E-state index is -3.39. The van der Waals surface area contributed by atoms with Crippen molar-refractivity contribution in [3.63, 3.8) is 0 Å². The Bertz CT molecular complexity index is 834. The number of H-pyrrole nitrogens is 1. The minimum absolute atomic E-state index is 0.0311. The molecule has 0 spiro atoms. The van der Waals surface area contributed by atoms with Crippen LogP contribution in [0.1, 0.15) is 34.6 Å². The summed E-state index contributed by atoms with van der Waals surface area (Å²) < 4.78 is 29.2. The highest BCUT2D eigenvalue weighted by Gasteiger charge is 2.29. The molecule has 0 aliphatic carbocycles. The van der Waals surface area contributed by atoms with E-state index in [1.165, 1.54) is 4.80 Å². The summed E-state index contributed by atoms with van der Waals surface area (Å²) in [5.74, 6) is -0.0311. The summed E-state index contributed by atoms with van der Waals surface area (Å²) in [6, 6.07) is 0. The first-order valence-electron chi connectivity index (χ1n) is 8.26. The summed E-state index contributed by atoms with van der Waals surface area (Å²) in [5.41, 5.74) is 5.25. The molecule has 0 radical (unpaired) electrons. The van der Waals surface area contributed by atoms with Gasteiger partial charge < -0.3 is 24.5 Å². The normalized spacial score (nSPS) is 13.8. The third-order valence-electron chi connectivity index (χ3n) is 3.01. The van der Waals surface area contributed by atoms with Gasteiger partial charge in [-0.2, -0.15) is 9.78 Å². The second-order valence-corrected chi connectivity index (χ2v) is 8.31. The molecule has 2 rings (SSSR count). The van der Waals surface area contributed by atoms with E-state index < -0.39 is 19.3 Å². The average molecular weight is 388 g/mol. The maximum atomic E-state index is 12.7. The van der Waals surface area contributed by atoms with Crippen molar-refractivity contribution >= 4 is 24.7 Å². The highest BCUT2D eigenvalue weighted by atomic mass is 31.2. The van der Waals surface area contributed by atoms with Gasteiger partial charge in [0.25, 0.3) is 0 Å². The van der Waals surface area contributed by atoms with E-state index >= 15 is 0 Å². The van der Waals surface area contributed by atoms with Crippen LogP contribution in [0.5, 0.6) is 0 Å². The van der Waals surface area contributed by atoms with Crippen molar-refractivity contribution in [2.45, 2.75) is 59.5 Å². The highest BCUT2D eigenvalue weighted by Crippen LogP contribution is 2.50. The molecule has 0 fully saturated rings. The Labute approximate surface area is 150 Å². The van der Waals surface area contributed by atoms with Gasteiger partial charge in [0.1, 0.15) is 6.35 Å². The van der Waals surface area contributed by atoms with Gasteiger partial charge in [-0.1, -0.05) is 0 Å². The smallest absolute Gasteiger partial charge is 0.356 e. The van der Waals surface area contributed by atoms with Crippen molar-refractivity contribution in [2.24, 2.45) is 0 Å². The zero-order chi connectivity index (χ0) is 19.5. The van der Waals surface area contributed by atoms with Crippen molar-refractivity contribution in [3.05, 3.63) is 10.4 Å². The maximum absolute atomic E-state index is 12.7. The monoisotopic (exact) mass is 388 g/mol. The van der Waals surface area contributed by atoms with Crippen LogP contribution in [-0.4, -0.2) is 49.6 Å². The number of hydrogen-bond acceptors (Lipinski definition) is 9. The Morgan fingerprint density at radius 1 is 1.15 bits per heavy atom. The van der Waals surface area contributed by atoms with Gasteiger partial charge in [0.2, 0.25) is 5.95 Å². The van der Waals surface area contributed by atoms with E-state index in [0.29, 0.717) is 0 Å². The molecular formula is C14H25N6O5P. The fourth-order valence-electron chi connectivity index (χ4n) is 2.20. The summed E-state index contributed by atoms with van der Waals surface area (Å²) in [6.07, 6.45) is -1.13. The first-order chi connectivity index (χ1) is 12.1. The van der Waals surface area contributed by atoms with Gasteiger partial charge in [-0.3, -0.25) is 9.36 Å². The molecule has 2 aromatic heterocycles. The number of nitrogens with one attached hydrogen (secondary N) is 1. The van der Waals surface area contributed by atoms with Gasteiger partial charge in [0.15, 0.2) is 11.2 Å². The first-order valence-corrected chi connectivity index (χ1v) is 9.99. The molecule has 0 saturated heterocycles. The Balaban J connectivity index is 2.03. The van der Waals surface area contributed by atoms with Crippen LogP contribution in [0.2, 0.25) is 0 Å². The van der Waals surface area contributed by atoms with Gasteiger partial charge in [-0.25, -0.2) is 0 Å². The van der Waals surface area contributed by atoms with E-state index in [0.717, 1.165) is 0 Å². The molecule has 2 heterocycles. The van der Waals surface area contributed by atoms with Gasteiger partial charge in [-0.05, 0) is 34.6 Å². The van der Waals surface area contributed by atoms with Crippen LogP contribution in [0.15, 0.2) is 4.79 Å². The first kappa shape index (κ1) is 20.5. The minimum Gasteiger partial charge on any atom is -0.369 e. The zero-order valence-corrected chi connectivity index (χ0v) is 16.4. The molecule has 0 saturated carbocycles. The van der Waals surface area contributed by atoms with Crippen LogP contribution < -0.4 is 11.3 Å². The Morgan fingerprint density at radius 3 is 2.35 bits per heavy atom. The van der Waals surface area contributed by atoms with Crippen molar-refractivity contribution in [3.8, 4) is 0 Å². The Morgan fingerprint density at radius 2 is 1.77 bits per heavy atom. The summed E-state index contributed by atoms with van der Waals surface area (Å²) in [4.78, 5) is 19.3. The molecule has 0 bridgehead atoms. The molecule has 146 valence electrons. The Hall–Kier alpha value is -1.81. The van der Waals surface area contributed by atoms with Gasteiger partial charge in [0.05, 0.1) is 24.9 Å². The topological polar surface area (TPSA) is 147 Å². The number of rotatable bonds is 9. The quantitative estimate of drug-likeness (QED) is 0.610. The van der Waals surface area contributed by atoms with Crippen LogP contribution in [0.25, 0.3) is 11.2 Å². The number of anilines is 1. The summed E-state index contributed by atoms with van der Waals surface area (Å²) in [5, 5.41) is 8.20. The van der Waals surface area contributed by atoms with Crippen LogP contribution in [0.4, 0.5) is 5.95 Å². The number of ether oxygens (including phenoxy) is 1. The predicted molar refractivity (Wildman–Crippen MR) is 95.8 cm³/mol. The maximum Gasteiger partial charge on any atom is 0.356 e. The molecule has 1 atom stereocenters. The molecule has 26 heavy (non-hydrogen) atoms. The van der Waals surface area contributed by atoms with Crippen LogP contribution in [0.3, 0.4) is 0 Å². The molecular weight excluding hydrogens is 363 g/mol. The molecule has 12 heteroatoms. The van der Waals surface area contributed by atoms with Crippen molar-refractivity contribution in [1.29, 1.82) is 0 Å². The average Bonchev–Trinajstić information content (AvgIpc) is 2.86. The molecule has 3 N–H and O–H groups in total. The van der Waals surface area contributed by atoms with E-state index in [1.807, 2.05) is 0 Å². The summed E-state index contributed by atoms with van der Waals surface area (Å²) in [7, 11) is -3.39. The van der Waals surface area contributed by atoms with E-state index in [-0.39, 0.29) is 42.2 Å². The van der Waals surface area contributed by atoms with Crippen molar-refractivity contribution < 1.29 is 18.3 Å². The number of aromatic nitrogens is 5. The van der Waals surface area contributed by atoms with Gasteiger partial charge >= 0.3 is 13.2 Å². The number of hydrogen-bond donors (Lipinski definition) is 2. The molecule has 0 aliphatic rings. The number of nitrogens with zero attached hydrogens (tertiary/aromatic N) is 4. The van der Waals surface area contributed by atoms with Crippen molar-refractivity contribution in [2.75, 3.05) is 12.1 Å². The molecule has 11 nitrogen and oxygen atoms in total. The van der Waals surface area contributed by atoms with E-state index in [9.17, 15) is 9.36 Å². The van der Waals surface area contributed by atoms with Crippen molar-refractivity contribution in [1.82, 2.24) is 25.0 Å². The number of nitrogens with two attached hydrogens (primary N) is 1. The van der Waals surface area contributed by atoms with Crippen LogP contribution in [-0.2, 0) is 24.9 Å². The van der Waals surface area contributed by atoms with E-state index in [4.69, 9.17) is 19.5 Å². The van der Waals surface area contributed by atoms with Gasteiger partial charge in [0, 0.05) is 0 Å². The Kier molecular flexibility index (Phi) is 6.51. The third-order valence-corrected chi connectivity index (χ3v) is 4.96. The number of aromatic amines is 1. The van der Waals surface area contributed by atoms with Crippen LogP contribution in [0, 0.1) is 0 Å². The standard InChI is InChI=1S/C14H25N6O5P/c1-8(2)24-26(22,25-9(3)4)7-23-10(5)6-20-18-11-12(19-20)16-14(15)17-13(11)21/h8-10H,6-7H2,1-5H3,(H3,15,16,17,19,21)/t10-/m1/s1. The molecule has 0 aliphatic heterocycles. The summed E-state index contributed by atoms with van der Waals surface area (Å²) in [6.45, 7) is 9.08. The lowest BCUT2D eigenvalue weighted by Crippen LogP contribution is -2.21. The second kappa shape index (κ2) is 8.26. The fraction of sp³-hybridized carbons (Fsp3) is 0.714. The van der Waals surface area contributed by atoms with E-state index in [2.05, 4.69) is 20.2 Å². The third kappa shape index (κ3) is 5.60. The number of fused-ring (bicyclic) bond motifs is 1. The zero-order valence-electron chi connectivity index (χ0n) is 15.5. The lowest BCUT2D eigenvalue weighted by Gasteiger charge is -2.24. The number of nitrogen functional groups attached to an aromatic ring is 1. The summed E-state index contributed by atoms with van der Waals surface area (Å²) >= 11 is 0. The second-order valence-electron chi connectivity index (χ2n) is 6.40. The lowest BCUT2D eigenvalue weighted by molar-refractivity contribution is 0.0504.